The summed E-state index contributed by atoms with van der Waals surface area (Å²) in [5.41, 5.74) is 3.38. The highest BCUT2D eigenvalue weighted by atomic mass is 16.5. The van der Waals surface area contributed by atoms with Gasteiger partial charge in [-0.25, -0.2) is 0 Å². The van der Waals surface area contributed by atoms with Crippen molar-refractivity contribution in [2.45, 2.75) is 33.2 Å². The molecule has 0 radical (unpaired) electrons. The molecular weight excluding hydrogens is 384 g/mol. The van der Waals surface area contributed by atoms with Crippen LogP contribution < -0.4 is 10.6 Å². The number of ketones is 1. The van der Waals surface area contributed by atoms with Crippen LogP contribution in [0.2, 0.25) is 0 Å². The van der Waals surface area contributed by atoms with E-state index in [0.717, 1.165) is 16.7 Å². The van der Waals surface area contributed by atoms with Crippen molar-refractivity contribution in [3.63, 3.8) is 0 Å². The first-order chi connectivity index (χ1) is 14.3. The van der Waals surface area contributed by atoms with Crippen LogP contribution in [-0.4, -0.2) is 42.8 Å². The third-order valence-electron chi connectivity index (χ3n) is 4.64. The summed E-state index contributed by atoms with van der Waals surface area (Å²) in [6, 6.07) is 13.8. The molecule has 0 heterocycles. The van der Waals surface area contributed by atoms with Gasteiger partial charge in [0.05, 0.1) is 6.04 Å². The Balaban J connectivity index is 1.77. The summed E-state index contributed by atoms with van der Waals surface area (Å²) in [4.78, 5) is 47.8. The second kappa shape index (κ2) is 10.9. The van der Waals surface area contributed by atoms with Crippen LogP contribution in [0.3, 0.4) is 0 Å². The Labute approximate surface area is 175 Å². The first-order valence-electron chi connectivity index (χ1n) is 9.61. The number of aryl methyl sites for hydroxylation is 2. The van der Waals surface area contributed by atoms with E-state index >= 15 is 0 Å². The molecule has 0 aromatic heterocycles. The fraction of sp³-hybridized carbons (Fsp3) is 0.304. The number of esters is 1. The van der Waals surface area contributed by atoms with Crippen molar-refractivity contribution in [2.75, 3.05) is 13.2 Å². The normalized spacial score (nSPS) is 11.3. The van der Waals surface area contributed by atoms with E-state index in [-0.39, 0.29) is 12.3 Å². The number of carbonyl (C=O) groups is 4. The van der Waals surface area contributed by atoms with Crippen LogP contribution in [0.15, 0.2) is 48.5 Å². The summed E-state index contributed by atoms with van der Waals surface area (Å²) in [5.74, 6) is -1.93. The zero-order valence-electron chi connectivity index (χ0n) is 17.4. The largest absolute Gasteiger partial charge is 0.454 e. The van der Waals surface area contributed by atoms with Gasteiger partial charge in [-0.3, -0.25) is 19.2 Å². The van der Waals surface area contributed by atoms with Gasteiger partial charge >= 0.3 is 5.97 Å². The smallest absolute Gasteiger partial charge is 0.325 e. The van der Waals surface area contributed by atoms with Crippen LogP contribution in [0.1, 0.15) is 34.0 Å². The van der Waals surface area contributed by atoms with Gasteiger partial charge in [0.25, 0.3) is 11.8 Å². The van der Waals surface area contributed by atoms with E-state index in [9.17, 15) is 19.2 Å². The number of benzene rings is 2. The summed E-state index contributed by atoms with van der Waals surface area (Å²) >= 11 is 0. The summed E-state index contributed by atoms with van der Waals surface area (Å²) in [6.07, 6.45) is 0.349. The number of hydrogen-bond acceptors (Lipinski definition) is 5. The average molecular weight is 410 g/mol. The molecule has 1 unspecified atom stereocenters. The van der Waals surface area contributed by atoms with E-state index in [2.05, 4.69) is 10.6 Å². The van der Waals surface area contributed by atoms with Gasteiger partial charge < -0.3 is 15.4 Å². The first kappa shape index (κ1) is 22.8. The molecule has 7 nitrogen and oxygen atoms in total. The Morgan fingerprint density at radius 1 is 0.967 bits per heavy atom. The van der Waals surface area contributed by atoms with Crippen molar-refractivity contribution in [1.29, 1.82) is 0 Å². The Bertz CT molecular complexity index is 924. The van der Waals surface area contributed by atoms with E-state index in [1.807, 2.05) is 50.2 Å². The van der Waals surface area contributed by atoms with Crippen molar-refractivity contribution in [3.05, 3.63) is 70.8 Å². The predicted octanol–water partition coefficient (Wildman–Crippen LogP) is 1.89. The molecule has 0 aliphatic carbocycles. The van der Waals surface area contributed by atoms with Gasteiger partial charge in [0.1, 0.15) is 6.54 Å². The molecule has 2 rings (SSSR count). The maximum Gasteiger partial charge on any atom is 0.325 e. The topological polar surface area (TPSA) is 102 Å². The minimum Gasteiger partial charge on any atom is -0.454 e. The van der Waals surface area contributed by atoms with Crippen molar-refractivity contribution >= 4 is 23.6 Å². The van der Waals surface area contributed by atoms with E-state index in [1.54, 1.807) is 12.1 Å². The van der Waals surface area contributed by atoms with Crippen LogP contribution in [0.25, 0.3) is 0 Å². The second-order valence-electron chi connectivity index (χ2n) is 7.06. The molecule has 0 spiro atoms. The lowest BCUT2D eigenvalue weighted by Gasteiger charge is -2.16. The molecule has 0 saturated carbocycles. The maximum absolute atomic E-state index is 12.1. The van der Waals surface area contributed by atoms with E-state index in [4.69, 9.17) is 4.74 Å². The van der Waals surface area contributed by atoms with Crippen molar-refractivity contribution in [1.82, 2.24) is 10.6 Å². The van der Waals surface area contributed by atoms with Gasteiger partial charge in [-0.05, 0) is 56.0 Å². The number of hydrogen-bond donors (Lipinski definition) is 2. The second-order valence-corrected chi connectivity index (χ2v) is 7.06. The molecule has 2 aromatic rings. The minimum atomic E-state index is -0.746. The lowest BCUT2D eigenvalue weighted by molar-refractivity contribution is -0.147. The fourth-order valence-electron chi connectivity index (χ4n) is 2.72. The lowest BCUT2D eigenvalue weighted by Crippen LogP contribution is -2.43. The molecule has 0 bridgehead atoms. The van der Waals surface area contributed by atoms with Gasteiger partial charge in [0.2, 0.25) is 0 Å². The standard InChI is InChI=1S/C23H26N2O5/c1-15-9-10-19(11-16(15)2)23(29)24-13-22(28)30-14-21(27)25-20(17(3)26)12-18-7-5-4-6-8-18/h4-11,20H,12-14H2,1-3H3,(H,24,29)(H,25,27). The summed E-state index contributed by atoms with van der Waals surface area (Å²) in [6.45, 7) is 4.33. The van der Waals surface area contributed by atoms with Crippen LogP contribution in [0.4, 0.5) is 0 Å². The molecule has 158 valence electrons. The minimum absolute atomic E-state index is 0.195. The summed E-state index contributed by atoms with van der Waals surface area (Å²) in [5, 5.41) is 5.03. The van der Waals surface area contributed by atoms with Crippen LogP contribution in [0, 0.1) is 13.8 Å². The number of ether oxygens (including phenoxy) is 1. The Morgan fingerprint density at radius 2 is 1.67 bits per heavy atom. The monoisotopic (exact) mass is 410 g/mol. The summed E-state index contributed by atoms with van der Waals surface area (Å²) < 4.78 is 4.89. The highest BCUT2D eigenvalue weighted by Gasteiger charge is 2.19. The van der Waals surface area contributed by atoms with Gasteiger partial charge in [-0.1, -0.05) is 36.4 Å². The van der Waals surface area contributed by atoms with Crippen LogP contribution in [0.5, 0.6) is 0 Å². The van der Waals surface area contributed by atoms with Gasteiger partial charge in [0, 0.05) is 5.56 Å². The number of Topliss-reactive ketones (excluding diaryl/α,β-unsaturated/α-hetero) is 1. The molecule has 2 N–H and O–H groups in total. The molecular formula is C23H26N2O5. The fourth-order valence-corrected chi connectivity index (χ4v) is 2.72. The molecule has 0 saturated heterocycles. The molecule has 0 aliphatic heterocycles. The third-order valence-corrected chi connectivity index (χ3v) is 4.64. The van der Waals surface area contributed by atoms with Gasteiger partial charge in [0.15, 0.2) is 12.4 Å². The molecule has 30 heavy (non-hydrogen) atoms. The van der Waals surface area contributed by atoms with Gasteiger partial charge in [-0.15, -0.1) is 0 Å². The Morgan fingerprint density at radius 3 is 2.30 bits per heavy atom. The number of carbonyl (C=O) groups excluding carboxylic acids is 4. The van der Waals surface area contributed by atoms with Crippen LogP contribution >= 0.6 is 0 Å². The highest BCUT2D eigenvalue weighted by molar-refractivity contribution is 5.96. The number of rotatable bonds is 9. The predicted molar refractivity (Wildman–Crippen MR) is 112 cm³/mol. The van der Waals surface area contributed by atoms with Gasteiger partial charge in [-0.2, -0.15) is 0 Å². The van der Waals surface area contributed by atoms with Crippen molar-refractivity contribution < 1.29 is 23.9 Å². The number of amides is 2. The molecule has 2 aromatic carbocycles. The maximum atomic E-state index is 12.1. The highest BCUT2D eigenvalue weighted by Crippen LogP contribution is 2.09. The molecule has 2 amide bonds. The number of nitrogens with one attached hydrogen (secondary N) is 2. The first-order valence-corrected chi connectivity index (χ1v) is 9.61. The molecule has 1 atom stereocenters. The Kier molecular flexibility index (Phi) is 8.29. The summed E-state index contributed by atoms with van der Waals surface area (Å²) in [7, 11) is 0. The molecule has 7 heteroatoms. The van der Waals surface area contributed by atoms with E-state index < -0.39 is 30.4 Å². The van der Waals surface area contributed by atoms with E-state index in [1.165, 1.54) is 6.92 Å². The van der Waals surface area contributed by atoms with Crippen molar-refractivity contribution in [3.8, 4) is 0 Å². The molecule has 0 fully saturated rings. The third kappa shape index (κ3) is 7.16. The van der Waals surface area contributed by atoms with E-state index in [0.29, 0.717) is 12.0 Å². The lowest BCUT2D eigenvalue weighted by atomic mass is 10.0. The zero-order valence-corrected chi connectivity index (χ0v) is 17.4. The quantitative estimate of drug-likeness (QED) is 0.615. The van der Waals surface area contributed by atoms with Crippen molar-refractivity contribution in [2.24, 2.45) is 0 Å². The average Bonchev–Trinajstić information content (AvgIpc) is 2.72. The van der Waals surface area contributed by atoms with Crippen LogP contribution in [-0.2, 0) is 25.5 Å². The Hall–Kier alpha value is -3.48. The molecule has 0 aliphatic rings. The zero-order chi connectivity index (χ0) is 22.1. The SMILES string of the molecule is CC(=O)C(Cc1ccccc1)NC(=O)COC(=O)CNC(=O)c1ccc(C)c(C)c1.